The van der Waals surface area contributed by atoms with E-state index in [4.69, 9.17) is 81.9 Å². The second-order valence-electron chi connectivity index (χ2n) is 17.5. The minimum Gasteiger partial charge on any atom is -0.491 e. The Labute approximate surface area is 492 Å². The van der Waals surface area contributed by atoms with Gasteiger partial charge >= 0.3 is 46.9 Å². The maximum atomic E-state index is 10.7. The molecule has 0 aliphatic carbocycles. The molecule has 0 saturated carbocycles. The number of aliphatic hydroxyl groups is 3. The monoisotopic (exact) mass is 1390 g/mol. The van der Waals surface area contributed by atoms with E-state index >= 15 is 0 Å². The van der Waals surface area contributed by atoms with E-state index in [0.717, 1.165) is 42.9 Å². The van der Waals surface area contributed by atoms with Crippen LogP contribution in [0.25, 0.3) is 0 Å². The Bertz CT molecular complexity index is 2520. The second-order valence-corrected chi connectivity index (χ2v) is 21.7. The van der Waals surface area contributed by atoms with Crippen molar-refractivity contribution in [1.82, 2.24) is 0 Å². The fourth-order valence-corrected chi connectivity index (χ4v) is 5.78. The Hall–Kier alpha value is -3.85. The summed E-state index contributed by atoms with van der Waals surface area (Å²) in [5.41, 5.74) is -12.1. The van der Waals surface area contributed by atoms with Crippen LogP contribution in [-0.2, 0) is 60.1 Å². The predicted molar refractivity (Wildman–Crippen MR) is 268 cm³/mol. The van der Waals surface area contributed by atoms with Crippen molar-refractivity contribution in [3.05, 3.63) is 119 Å². The van der Waals surface area contributed by atoms with Gasteiger partial charge in [0.2, 0.25) is 0 Å². The molecule has 0 amide bonds. The SMILES string of the molecule is CC(C)(c1ccc(OCC2CO2)cc1)c1ccc(OCC2CO2)cc1.CO.COCC(O)COc1ccc(C(C)(C)c2ccc(OCC(O)COC)cc2)cc1.O=S(=O)(O)C(F)(F)F.O=S(=O)(O)C(F)(F)F.O=S(=O)(O)C(F)(F)F.[Er]. The van der Waals surface area contributed by atoms with Crippen molar-refractivity contribution in [2.75, 3.05) is 74.2 Å². The first kappa shape index (κ1) is 77.1. The Morgan fingerprint density at radius 1 is 0.444 bits per heavy atom. The molecule has 4 aromatic rings. The molecule has 6 N–H and O–H groups in total. The van der Waals surface area contributed by atoms with E-state index in [1.54, 1.807) is 14.2 Å². The molecule has 2 aliphatic heterocycles. The summed E-state index contributed by atoms with van der Waals surface area (Å²) in [5, 5.41) is 26.4. The van der Waals surface area contributed by atoms with Gasteiger partial charge in [0, 0.05) is 69.5 Å². The van der Waals surface area contributed by atoms with E-state index in [2.05, 4.69) is 52.0 Å². The van der Waals surface area contributed by atoms with Crippen molar-refractivity contribution >= 4 is 30.4 Å². The number of halogens is 9. The molecule has 81 heavy (non-hydrogen) atoms. The standard InChI is InChI=1S/C23H32O6.C21H24O4.3CHF3O3S.CH4O.Er/c1-23(2,17-5-9-21(10-6-17)28-15-19(24)13-26-3)18-7-11-22(12-8-18)29-16-20(25)14-27-4;1-21(2,15-3-7-17(8-4-15)22-11-19-13-24-19)16-5-9-18(10-6-16)23-12-20-14-25-20;3*2-1(3,4)8(5,6)7;1-2;/h5-12,19-20,24-25H,13-16H2,1-4H3;3-10,19-20H,11-14H2,1-2H3;3*(H,5,6,7);2H,1H3;. The van der Waals surface area contributed by atoms with Crippen LogP contribution in [0.4, 0.5) is 39.5 Å². The molecule has 0 aromatic heterocycles. The zero-order valence-corrected chi connectivity index (χ0v) is 48.3. The average molecular weight is 1390 g/mol. The average Bonchev–Trinajstić information content (AvgIpc) is 4.31. The van der Waals surface area contributed by atoms with Gasteiger partial charge in [0.1, 0.15) is 73.8 Å². The van der Waals surface area contributed by atoms with Gasteiger partial charge in [-0.25, -0.2) is 0 Å². The van der Waals surface area contributed by atoms with Gasteiger partial charge in [-0.1, -0.05) is 76.2 Å². The van der Waals surface area contributed by atoms with Gasteiger partial charge in [0.05, 0.1) is 26.4 Å². The minimum atomic E-state index is -5.84. The second kappa shape index (κ2) is 34.2. The minimum absolute atomic E-state index is 0. The molecule has 20 nitrogen and oxygen atoms in total. The summed E-state index contributed by atoms with van der Waals surface area (Å²) < 4.78 is 215. The van der Waals surface area contributed by atoms with Crippen LogP contribution in [-0.4, -0.2) is 169 Å². The van der Waals surface area contributed by atoms with E-state index in [0.29, 0.717) is 24.7 Å². The van der Waals surface area contributed by atoms with Crippen LogP contribution >= 0.6 is 0 Å². The van der Waals surface area contributed by atoms with Gasteiger partial charge in [0.25, 0.3) is 0 Å². The maximum Gasteiger partial charge on any atom is 0.522 e. The van der Waals surface area contributed by atoms with Gasteiger partial charge in [-0.15, -0.1) is 0 Å². The third-order valence-electron chi connectivity index (χ3n) is 10.5. The van der Waals surface area contributed by atoms with Gasteiger partial charge in [-0.2, -0.15) is 64.8 Å². The number of aliphatic hydroxyl groups excluding tert-OH is 3. The van der Waals surface area contributed by atoms with Gasteiger partial charge in [-0.3, -0.25) is 13.7 Å². The van der Waals surface area contributed by atoms with Crippen LogP contribution in [0.1, 0.15) is 49.9 Å². The van der Waals surface area contributed by atoms with E-state index in [-0.39, 0.29) is 86.8 Å². The summed E-state index contributed by atoms with van der Waals surface area (Å²) in [5.74, 6) is 3.19. The Morgan fingerprint density at radius 2 is 0.630 bits per heavy atom. The first-order valence-electron chi connectivity index (χ1n) is 22.8. The smallest absolute Gasteiger partial charge is 0.491 e. The van der Waals surface area contributed by atoms with Crippen LogP contribution in [0.3, 0.4) is 0 Å². The summed E-state index contributed by atoms with van der Waals surface area (Å²) in [6, 6.07) is 32.4. The van der Waals surface area contributed by atoms with Crippen LogP contribution in [0.15, 0.2) is 97.1 Å². The zero-order chi connectivity index (χ0) is 61.6. The summed E-state index contributed by atoms with van der Waals surface area (Å²) in [4.78, 5) is 0. The molecule has 4 unspecified atom stereocenters. The van der Waals surface area contributed by atoms with E-state index < -0.39 is 59.1 Å². The third-order valence-corrected chi connectivity index (χ3v) is 12.2. The zero-order valence-electron chi connectivity index (χ0n) is 44.0. The number of methoxy groups -OCH3 is 2. The number of benzene rings is 4. The Balaban J connectivity index is 0.00000110. The van der Waals surface area contributed by atoms with Crippen molar-refractivity contribution in [2.24, 2.45) is 0 Å². The van der Waals surface area contributed by atoms with Crippen LogP contribution in [0, 0.1) is 37.3 Å². The number of epoxide rings is 2. The fraction of sp³-hybridized carbons (Fsp3) is 0.500. The van der Waals surface area contributed by atoms with Crippen LogP contribution < -0.4 is 18.9 Å². The topological polar surface area (TPSA) is 304 Å². The van der Waals surface area contributed by atoms with Crippen molar-refractivity contribution in [2.45, 2.75) is 79.5 Å². The van der Waals surface area contributed by atoms with E-state index in [9.17, 15) is 49.7 Å². The largest absolute Gasteiger partial charge is 0.522 e. The molecule has 6 rings (SSSR count). The summed E-state index contributed by atoms with van der Waals surface area (Å²) >= 11 is 0. The van der Waals surface area contributed by atoms with Crippen molar-refractivity contribution < 1.29 is 169 Å². The summed E-state index contributed by atoms with van der Waals surface area (Å²) in [7, 11) is -13.4. The molecular weight excluding hydrogens is 1330 g/mol. The normalized spacial score (nSPS) is 15.8. The molecule has 0 bridgehead atoms. The summed E-state index contributed by atoms with van der Waals surface area (Å²) in [6.07, 6.45) is -0.730. The third kappa shape index (κ3) is 29.5. The van der Waals surface area contributed by atoms with Crippen molar-refractivity contribution in [3.8, 4) is 23.0 Å². The van der Waals surface area contributed by atoms with E-state index in [1.165, 1.54) is 11.1 Å². The Kier molecular flexibility index (Phi) is 32.6. The predicted octanol–water partition coefficient (Wildman–Crippen LogP) is 7.14. The molecule has 33 heteroatoms. The molecule has 468 valence electrons. The van der Waals surface area contributed by atoms with Gasteiger partial charge in [-0.05, 0) is 70.8 Å². The Morgan fingerprint density at radius 3 is 0.790 bits per heavy atom. The quantitative estimate of drug-likeness (QED) is 0.0222. The molecule has 2 saturated heterocycles. The molecule has 2 heterocycles. The van der Waals surface area contributed by atoms with Crippen molar-refractivity contribution in [1.29, 1.82) is 0 Å². The fourth-order valence-electron chi connectivity index (χ4n) is 5.78. The molecular formula is C48H63ErF9O20S3. The molecule has 4 atom stereocenters. The molecule has 0 radical (unpaired) electrons. The molecule has 0 spiro atoms. The number of alkyl halides is 9. The number of rotatable bonds is 20. The first-order valence-corrected chi connectivity index (χ1v) is 27.1. The summed E-state index contributed by atoms with van der Waals surface area (Å²) in [6.45, 7) is 12.6. The van der Waals surface area contributed by atoms with Gasteiger partial charge in [0.15, 0.2) is 0 Å². The van der Waals surface area contributed by atoms with Gasteiger partial charge < -0.3 is 53.2 Å². The van der Waals surface area contributed by atoms with Crippen LogP contribution in [0.5, 0.6) is 23.0 Å². The molecule has 4 aromatic carbocycles. The van der Waals surface area contributed by atoms with Crippen LogP contribution in [0.2, 0.25) is 0 Å². The molecule has 2 fully saturated rings. The number of hydrogen-bond donors (Lipinski definition) is 6. The first-order chi connectivity index (χ1) is 36.7. The molecule has 2 aliphatic rings. The maximum absolute atomic E-state index is 10.7. The number of ether oxygens (including phenoxy) is 8. The van der Waals surface area contributed by atoms with E-state index in [1.807, 2.05) is 72.8 Å². The number of hydrogen-bond acceptors (Lipinski definition) is 17. The van der Waals surface area contributed by atoms with Crippen molar-refractivity contribution in [3.63, 3.8) is 0 Å².